The molecule has 0 spiro atoms. The van der Waals surface area contributed by atoms with Crippen molar-refractivity contribution in [3.05, 3.63) is 35.4 Å². The first-order valence-electron chi connectivity index (χ1n) is 5.58. The lowest BCUT2D eigenvalue weighted by Crippen LogP contribution is -2.34. The lowest BCUT2D eigenvalue weighted by atomic mass is 9.87. The SMILES string of the molecule is Cc1ccccc1C(C)(OC(N)=O)C1CC1. The molecule has 1 amide bonds. The Balaban J connectivity index is 2.39. The first kappa shape index (κ1) is 11.0. The third kappa shape index (κ3) is 1.90. The number of primary amides is 1. The topological polar surface area (TPSA) is 52.3 Å². The van der Waals surface area contributed by atoms with E-state index in [1.54, 1.807) is 0 Å². The van der Waals surface area contributed by atoms with Gasteiger partial charge in [0.1, 0.15) is 5.60 Å². The smallest absolute Gasteiger partial charge is 0.405 e. The summed E-state index contributed by atoms with van der Waals surface area (Å²) in [7, 11) is 0. The van der Waals surface area contributed by atoms with E-state index >= 15 is 0 Å². The lowest BCUT2D eigenvalue weighted by Gasteiger charge is -2.30. The van der Waals surface area contributed by atoms with Crippen LogP contribution in [0.3, 0.4) is 0 Å². The van der Waals surface area contributed by atoms with E-state index in [4.69, 9.17) is 10.5 Å². The van der Waals surface area contributed by atoms with Crippen LogP contribution in [0.4, 0.5) is 4.79 Å². The van der Waals surface area contributed by atoms with Crippen molar-refractivity contribution in [3.63, 3.8) is 0 Å². The van der Waals surface area contributed by atoms with Crippen LogP contribution in [-0.2, 0) is 10.3 Å². The number of aryl methyl sites for hydroxylation is 1. The Morgan fingerprint density at radius 2 is 2.06 bits per heavy atom. The van der Waals surface area contributed by atoms with Crippen LogP contribution in [0.2, 0.25) is 0 Å². The Labute approximate surface area is 95.6 Å². The van der Waals surface area contributed by atoms with Gasteiger partial charge in [0.15, 0.2) is 0 Å². The molecule has 0 saturated heterocycles. The van der Waals surface area contributed by atoms with Gasteiger partial charge in [0.2, 0.25) is 0 Å². The maximum atomic E-state index is 11.0. The van der Waals surface area contributed by atoms with Crippen LogP contribution in [0.25, 0.3) is 0 Å². The molecular weight excluding hydrogens is 202 g/mol. The predicted molar refractivity (Wildman–Crippen MR) is 61.9 cm³/mol. The van der Waals surface area contributed by atoms with Gasteiger partial charge in [0.05, 0.1) is 0 Å². The van der Waals surface area contributed by atoms with Crippen molar-refractivity contribution < 1.29 is 9.53 Å². The molecule has 1 atom stereocenters. The largest absolute Gasteiger partial charge is 0.438 e. The average Bonchev–Trinajstić information content (AvgIpc) is 3.00. The van der Waals surface area contributed by atoms with Crippen LogP contribution in [-0.4, -0.2) is 6.09 Å². The highest BCUT2D eigenvalue weighted by molar-refractivity contribution is 5.65. The summed E-state index contributed by atoms with van der Waals surface area (Å²) in [6, 6.07) is 7.99. The number of nitrogens with two attached hydrogens (primary N) is 1. The fourth-order valence-corrected chi connectivity index (χ4v) is 2.33. The fourth-order valence-electron chi connectivity index (χ4n) is 2.33. The van der Waals surface area contributed by atoms with Crippen molar-refractivity contribution in [1.29, 1.82) is 0 Å². The van der Waals surface area contributed by atoms with E-state index < -0.39 is 11.7 Å². The van der Waals surface area contributed by atoms with Gasteiger partial charge in [0.25, 0.3) is 0 Å². The molecule has 1 aliphatic rings. The van der Waals surface area contributed by atoms with Gasteiger partial charge in [-0.1, -0.05) is 24.3 Å². The number of benzene rings is 1. The minimum atomic E-state index is -0.697. The molecule has 86 valence electrons. The lowest BCUT2D eigenvalue weighted by molar-refractivity contribution is 0.00927. The van der Waals surface area contributed by atoms with Crippen molar-refractivity contribution in [1.82, 2.24) is 0 Å². The molecular formula is C13H17NO2. The summed E-state index contributed by atoms with van der Waals surface area (Å²) in [5, 5.41) is 0. The predicted octanol–water partition coefficient (Wildman–Crippen LogP) is 2.72. The van der Waals surface area contributed by atoms with E-state index in [0.717, 1.165) is 24.0 Å². The second-order valence-corrected chi connectivity index (χ2v) is 4.62. The van der Waals surface area contributed by atoms with Gasteiger partial charge in [-0.3, -0.25) is 0 Å². The van der Waals surface area contributed by atoms with Gasteiger partial charge in [-0.05, 0) is 37.8 Å². The first-order valence-corrected chi connectivity index (χ1v) is 5.58. The number of hydrogen-bond acceptors (Lipinski definition) is 2. The Morgan fingerprint density at radius 1 is 1.44 bits per heavy atom. The highest BCUT2D eigenvalue weighted by Gasteiger charge is 2.46. The van der Waals surface area contributed by atoms with Gasteiger partial charge in [-0.25, -0.2) is 4.79 Å². The van der Waals surface area contributed by atoms with Crippen molar-refractivity contribution in [2.75, 3.05) is 0 Å². The number of carbonyl (C=O) groups excluding carboxylic acids is 1. The minimum Gasteiger partial charge on any atom is -0.438 e. The molecule has 0 aliphatic heterocycles. The van der Waals surface area contributed by atoms with Crippen molar-refractivity contribution in [3.8, 4) is 0 Å². The monoisotopic (exact) mass is 219 g/mol. The molecule has 1 aromatic rings. The summed E-state index contributed by atoms with van der Waals surface area (Å²) in [5.41, 5.74) is 6.82. The zero-order valence-corrected chi connectivity index (χ0v) is 9.69. The highest BCUT2D eigenvalue weighted by atomic mass is 16.6. The standard InChI is InChI=1S/C13H17NO2/c1-9-5-3-4-6-11(9)13(2,10-7-8-10)16-12(14)15/h3-6,10H,7-8H2,1-2H3,(H2,14,15). The molecule has 2 rings (SSSR count). The van der Waals surface area contributed by atoms with Crippen LogP contribution in [0.15, 0.2) is 24.3 Å². The molecule has 3 heteroatoms. The molecule has 1 aromatic carbocycles. The summed E-state index contributed by atoms with van der Waals surface area (Å²) in [6.45, 7) is 3.98. The summed E-state index contributed by atoms with van der Waals surface area (Å²) in [6.07, 6.45) is 1.49. The van der Waals surface area contributed by atoms with E-state index in [9.17, 15) is 4.79 Å². The van der Waals surface area contributed by atoms with Gasteiger partial charge >= 0.3 is 6.09 Å². The molecule has 1 aliphatic carbocycles. The zero-order chi connectivity index (χ0) is 11.8. The molecule has 2 N–H and O–H groups in total. The number of amides is 1. The molecule has 0 radical (unpaired) electrons. The maximum absolute atomic E-state index is 11.0. The number of carbonyl (C=O) groups is 1. The van der Waals surface area contributed by atoms with E-state index in [1.807, 2.05) is 38.1 Å². The number of hydrogen-bond donors (Lipinski definition) is 1. The molecule has 1 saturated carbocycles. The van der Waals surface area contributed by atoms with Crippen LogP contribution >= 0.6 is 0 Å². The molecule has 0 bridgehead atoms. The molecule has 1 fully saturated rings. The van der Waals surface area contributed by atoms with Gasteiger partial charge in [0, 0.05) is 5.92 Å². The Morgan fingerprint density at radius 3 is 2.56 bits per heavy atom. The van der Waals surface area contributed by atoms with Crippen LogP contribution in [0.5, 0.6) is 0 Å². The zero-order valence-electron chi connectivity index (χ0n) is 9.69. The Bertz CT molecular complexity index is 412. The second-order valence-electron chi connectivity index (χ2n) is 4.62. The quantitative estimate of drug-likeness (QED) is 0.849. The maximum Gasteiger partial charge on any atom is 0.405 e. The summed E-state index contributed by atoms with van der Waals surface area (Å²) >= 11 is 0. The van der Waals surface area contributed by atoms with Gasteiger partial charge in [-0.2, -0.15) is 0 Å². The normalized spacial score (nSPS) is 18.9. The average molecular weight is 219 g/mol. The summed E-state index contributed by atoms with van der Waals surface area (Å²) in [5.74, 6) is 0.404. The van der Waals surface area contributed by atoms with E-state index in [2.05, 4.69) is 0 Å². The van der Waals surface area contributed by atoms with Crippen molar-refractivity contribution in [2.24, 2.45) is 11.7 Å². The minimum absolute atomic E-state index is 0.404. The molecule has 16 heavy (non-hydrogen) atoms. The molecule has 1 unspecified atom stereocenters. The van der Waals surface area contributed by atoms with Crippen molar-refractivity contribution >= 4 is 6.09 Å². The Kier molecular flexibility index (Phi) is 2.62. The molecule has 0 heterocycles. The third-order valence-corrected chi connectivity index (χ3v) is 3.35. The van der Waals surface area contributed by atoms with E-state index in [1.165, 1.54) is 0 Å². The van der Waals surface area contributed by atoms with Crippen molar-refractivity contribution in [2.45, 2.75) is 32.3 Å². The molecule has 3 nitrogen and oxygen atoms in total. The summed E-state index contributed by atoms with van der Waals surface area (Å²) in [4.78, 5) is 11.0. The summed E-state index contributed by atoms with van der Waals surface area (Å²) < 4.78 is 5.37. The van der Waals surface area contributed by atoms with Crippen LogP contribution < -0.4 is 5.73 Å². The fraction of sp³-hybridized carbons (Fsp3) is 0.462. The highest BCUT2D eigenvalue weighted by Crippen LogP contribution is 2.48. The van der Waals surface area contributed by atoms with Gasteiger partial charge in [-0.15, -0.1) is 0 Å². The van der Waals surface area contributed by atoms with E-state index in [0.29, 0.717) is 5.92 Å². The second kappa shape index (κ2) is 3.81. The van der Waals surface area contributed by atoms with Crippen LogP contribution in [0, 0.1) is 12.8 Å². The number of rotatable bonds is 3. The van der Waals surface area contributed by atoms with Crippen LogP contribution in [0.1, 0.15) is 30.9 Å². The Hall–Kier alpha value is -1.51. The van der Waals surface area contributed by atoms with E-state index in [-0.39, 0.29) is 0 Å². The third-order valence-electron chi connectivity index (χ3n) is 3.35. The first-order chi connectivity index (χ1) is 7.54. The van der Waals surface area contributed by atoms with Gasteiger partial charge < -0.3 is 10.5 Å². The number of ether oxygens (including phenoxy) is 1. The molecule has 0 aromatic heterocycles.